The minimum atomic E-state index is -3.62. The van der Waals surface area contributed by atoms with Crippen LogP contribution in [0.15, 0.2) is 27.6 Å². The summed E-state index contributed by atoms with van der Waals surface area (Å²) in [5.74, 6) is 0.315. The lowest BCUT2D eigenvalue weighted by molar-refractivity contribution is 0.577. The summed E-state index contributed by atoms with van der Waals surface area (Å²) in [4.78, 5) is 1.46. The van der Waals surface area contributed by atoms with Crippen LogP contribution in [0.3, 0.4) is 0 Å². The molecular weight excluding hydrogens is 334 g/mol. The molecule has 0 fully saturated rings. The van der Waals surface area contributed by atoms with Crippen LogP contribution in [-0.2, 0) is 23.6 Å². The van der Waals surface area contributed by atoms with Gasteiger partial charge in [-0.25, -0.2) is 13.1 Å². The molecule has 1 aromatic carbocycles. The Hall–Kier alpha value is -1.32. The predicted octanol–water partition coefficient (Wildman–Crippen LogP) is 0.760. The summed E-state index contributed by atoms with van der Waals surface area (Å²) in [6.07, 6.45) is 0. The molecule has 0 saturated heterocycles. The Bertz CT molecular complexity index is 698. The highest BCUT2D eigenvalue weighted by Gasteiger charge is 2.18. The van der Waals surface area contributed by atoms with E-state index in [4.69, 9.17) is 0 Å². The molecule has 0 unspecified atom stereocenters. The van der Waals surface area contributed by atoms with E-state index in [9.17, 15) is 8.42 Å². The van der Waals surface area contributed by atoms with Crippen molar-refractivity contribution in [3.63, 3.8) is 0 Å². The molecule has 0 amide bonds. The van der Waals surface area contributed by atoms with Crippen LogP contribution in [-0.4, -0.2) is 28.6 Å². The largest absolute Gasteiger partial charge is 0.242 e. The molecule has 102 valence electrons. The highest BCUT2D eigenvalue weighted by atomic mass is 79.9. The number of rotatable bonds is 4. The molecule has 0 aliphatic carbocycles. The summed E-state index contributed by atoms with van der Waals surface area (Å²) < 4.78 is 27.3. The molecule has 0 aliphatic rings. The average molecular weight is 346 g/mol. The molecular formula is C10H12BrN5O2S. The first-order valence-corrected chi connectivity index (χ1v) is 7.65. The normalized spacial score (nSPS) is 11.7. The smallest absolute Gasteiger partial charge is 0.207 e. The summed E-state index contributed by atoms with van der Waals surface area (Å²) in [6.45, 7) is 1.82. The molecule has 7 nitrogen and oxygen atoms in total. The van der Waals surface area contributed by atoms with Crippen LogP contribution in [0.5, 0.6) is 0 Å². The Kier molecular flexibility index (Phi) is 3.97. The van der Waals surface area contributed by atoms with Gasteiger partial charge in [-0.2, -0.15) is 4.80 Å². The number of tetrazole rings is 1. The van der Waals surface area contributed by atoms with E-state index >= 15 is 0 Å². The Morgan fingerprint density at radius 2 is 2.16 bits per heavy atom. The molecule has 0 spiro atoms. The quantitative estimate of drug-likeness (QED) is 0.883. The first-order valence-electron chi connectivity index (χ1n) is 5.38. The average Bonchev–Trinajstić information content (AvgIpc) is 2.76. The van der Waals surface area contributed by atoms with Crippen molar-refractivity contribution < 1.29 is 8.42 Å². The molecule has 1 heterocycles. The third-order valence-electron chi connectivity index (χ3n) is 2.42. The Balaban J connectivity index is 2.21. The third-order valence-corrected chi connectivity index (χ3v) is 5.17. The van der Waals surface area contributed by atoms with Crippen molar-refractivity contribution in [1.82, 2.24) is 24.9 Å². The van der Waals surface area contributed by atoms with E-state index in [1.807, 2.05) is 13.0 Å². The van der Waals surface area contributed by atoms with Crippen molar-refractivity contribution in [3.8, 4) is 0 Å². The third kappa shape index (κ3) is 3.17. The summed E-state index contributed by atoms with van der Waals surface area (Å²) in [6, 6.07) is 5.05. The fourth-order valence-corrected chi connectivity index (χ4v) is 3.49. The molecule has 1 aromatic heterocycles. The van der Waals surface area contributed by atoms with Crippen LogP contribution >= 0.6 is 15.9 Å². The van der Waals surface area contributed by atoms with Gasteiger partial charge >= 0.3 is 0 Å². The predicted molar refractivity (Wildman–Crippen MR) is 71.7 cm³/mol. The molecule has 2 aromatic rings. The number of sulfonamides is 1. The van der Waals surface area contributed by atoms with E-state index in [-0.39, 0.29) is 11.4 Å². The fourth-order valence-electron chi connectivity index (χ4n) is 1.46. The van der Waals surface area contributed by atoms with Crippen LogP contribution in [0.4, 0.5) is 0 Å². The van der Waals surface area contributed by atoms with Gasteiger partial charge in [0, 0.05) is 4.47 Å². The zero-order chi connectivity index (χ0) is 14.0. The van der Waals surface area contributed by atoms with Crippen LogP contribution in [0.25, 0.3) is 0 Å². The number of nitrogens with zero attached hydrogens (tertiary/aromatic N) is 4. The second kappa shape index (κ2) is 5.35. The van der Waals surface area contributed by atoms with Gasteiger partial charge in [-0.1, -0.05) is 12.1 Å². The molecule has 0 bridgehead atoms. The van der Waals surface area contributed by atoms with Gasteiger partial charge in [-0.15, -0.1) is 10.2 Å². The highest BCUT2D eigenvalue weighted by Crippen LogP contribution is 2.25. The standard InChI is InChI=1S/C10H12BrN5O2S/c1-7-4-3-5-8(10(7)11)19(17,18)12-6-9-13-15-16(2)14-9/h3-5,12H,6H2,1-2H3. The molecule has 1 N–H and O–H groups in total. The van der Waals surface area contributed by atoms with E-state index in [1.54, 1.807) is 13.1 Å². The SMILES string of the molecule is Cc1cccc(S(=O)(=O)NCc2nnn(C)n2)c1Br. The Labute approximate surface area is 119 Å². The topological polar surface area (TPSA) is 89.8 Å². The lowest BCUT2D eigenvalue weighted by Gasteiger charge is -2.08. The first-order chi connectivity index (χ1) is 8.90. The zero-order valence-electron chi connectivity index (χ0n) is 10.3. The molecule has 19 heavy (non-hydrogen) atoms. The first kappa shape index (κ1) is 14.1. The van der Waals surface area contributed by atoms with Crippen molar-refractivity contribution in [2.75, 3.05) is 0 Å². The monoisotopic (exact) mass is 345 g/mol. The van der Waals surface area contributed by atoms with E-state index < -0.39 is 10.0 Å². The van der Waals surface area contributed by atoms with Crippen LogP contribution < -0.4 is 4.72 Å². The minimum Gasteiger partial charge on any atom is -0.207 e. The van der Waals surface area contributed by atoms with Gasteiger partial charge < -0.3 is 0 Å². The van der Waals surface area contributed by atoms with Gasteiger partial charge in [0.2, 0.25) is 10.0 Å². The summed E-state index contributed by atoms with van der Waals surface area (Å²) >= 11 is 3.28. The fraction of sp³-hybridized carbons (Fsp3) is 0.300. The van der Waals surface area contributed by atoms with Crippen molar-refractivity contribution >= 4 is 26.0 Å². The maximum atomic E-state index is 12.2. The maximum Gasteiger partial charge on any atom is 0.242 e. The number of aromatic nitrogens is 4. The second-order valence-corrected chi connectivity index (χ2v) is 6.44. The van der Waals surface area contributed by atoms with E-state index in [0.29, 0.717) is 10.3 Å². The van der Waals surface area contributed by atoms with Crippen LogP contribution in [0.1, 0.15) is 11.4 Å². The highest BCUT2D eigenvalue weighted by molar-refractivity contribution is 9.10. The molecule has 0 saturated carbocycles. The number of hydrogen-bond acceptors (Lipinski definition) is 5. The van der Waals surface area contributed by atoms with Crippen LogP contribution in [0, 0.1) is 6.92 Å². The van der Waals surface area contributed by atoms with Crippen LogP contribution in [0.2, 0.25) is 0 Å². The number of halogens is 1. The summed E-state index contributed by atoms with van der Waals surface area (Å²) in [5.41, 5.74) is 0.848. The lowest BCUT2D eigenvalue weighted by atomic mass is 10.2. The molecule has 0 radical (unpaired) electrons. The van der Waals surface area contributed by atoms with E-state index in [1.165, 1.54) is 10.9 Å². The summed E-state index contributed by atoms with van der Waals surface area (Å²) in [7, 11) is -2.00. The second-order valence-electron chi connectivity index (χ2n) is 3.91. The minimum absolute atomic E-state index is 0.00342. The number of nitrogens with one attached hydrogen (secondary N) is 1. The number of hydrogen-bond donors (Lipinski definition) is 1. The number of benzene rings is 1. The summed E-state index contributed by atoms with van der Waals surface area (Å²) in [5, 5.41) is 11.3. The zero-order valence-corrected chi connectivity index (χ0v) is 12.7. The van der Waals surface area contributed by atoms with Crippen molar-refractivity contribution in [1.29, 1.82) is 0 Å². The van der Waals surface area contributed by atoms with Crippen molar-refractivity contribution in [2.24, 2.45) is 7.05 Å². The van der Waals surface area contributed by atoms with Gasteiger partial charge in [-0.05, 0) is 39.7 Å². The van der Waals surface area contributed by atoms with Gasteiger partial charge in [-0.3, -0.25) is 0 Å². The van der Waals surface area contributed by atoms with E-state index in [2.05, 4.69) is 36.1 Å². The van der Waals surface area contributed by atoms with Crippen molar-refractivity contribution in [2.45, 2.75) is 18.4 Å². The molecule has 0 aliphatic heterocycles. The molecule has 2 rings (SSSR count). The maximum absolute atomic E-state index is 12.2. The number of aryl methyl sites for hydroxylation is 2. The molecule has 0 atom stereocenters. The lowest BCUT2D eigenvalue weighted by Crippen LogP contribution is -2.24. The molecule has 9 heteroatoms. The van der Waals surface area contributed by atoms with Gasteiger partial charge in [0.05, 0.1) is 18.5 Å². The Morgan fingerprint density at radius 3 is 2.79 bits per heavy atom. The Morgan fingerprint density at radius 1 is 1.42 bits per heavy atom. The van der Waals surface area contributed by atoms with Crippen molar-refractivity contribution in [3.05, 3.63) is 34.1 Å². The van der Waals surface area contributed by atoms with Gasteiger partial charge in [0.15, 0.2) is 5.82 Å². The van der Waals surface area contributed by atoms with E-state index in [0.717, 1.165) is 5.56 Å². The van der Waals surface area contributed by atoms with Gasteiger partial charge in [0.1, 0.15) is 0 Å². The van der Waals surface area contributed by atoms with Gasteiger partial charge in [0.25, 0.3) is 0 Å².